The van der Waals surface area contributed by atoms with Gasteiger partial charge in [-0.15, -0.1) is 0 Å². The van der Waals surface area contributed by atoms with Gasteiger partial charge in [-0.05, 0) is 30.6 Å². The lowest BCUT2D eigenvalue weighted by Crippen LogP contribution is -2.44. The standard InChI is InChI=1S/C15H32NO2/c1-12-7-14(9-15(2,3)8-12)18-11-13(17)10-16(4,5)6/h12-14,17H,7-11H2,1-6H3/q+1. The number of quaternary nitrogens is 1. The normalized spacial score (nSPS) is 30.2. The first kappa shape index (κ1) is 15.9. The highest BCUT2D eigenvalue weighted by Crippen LogP contribution is 2.39. The average molecular weight is 258 g/mol. The summed E-state index contributed by atoms with van der Waals surface area (Å²) in [4.78, 5) is 0. The van der Waals surface area contributed by atoms with Crippen molar-refractivity contribution in [3.8, 4) is 0 Å². The van der Waals surface area contributed by atoms with Crippen molar-refractivity contribution in [1.82, 2.24) is 0 Å². The van der Waals surface area contributed by atoms with Crippen LogP contribution in [0.5, 0.6) is 0 Å². The topological polar surface area (TPSA) is 29.5 Å². The number of rotatable bonds is 5. The van der Waals surface area contributed by atoms with Crippen molar-refractivity contribution in [3.05, 3.63) is 0 Å². The average Bonchev–Trinajstić information content (AvgIpc) is 2.08. The Labute approximate surface area is 113 Å². The van der Waals surface area contributed by atoms with E-state index in [9.17, 15) is 5.11 Å². The highest BCUT2D eigenvalue weighted by atomic mass is 16.5. The van der Waals surface area contributed by atoms with E-state index in [1.807, 2.05) is 0 Å². The van der Waals surface area contributed by atoms with Gasteiger partial charge in [0.1, 0.15) is 12.6 Å². The molecule has 1 fully saturated rings. The minimum absolute atomic E-state index is 0.325. The third-order valence-corrected chi connectivity index (χ3v) is 3.63. The largest absolute Gasteiger partial charge is 0.385 e. The zero-order chi connectivity index (χ0) is 14.0. The van der Waals surface area contributed by atoms with E-state index < -0.39 is 0 Å². The van der Waals surface area contributed by atoms with Gasteiger partial charge in [0.2, 0.25) is 0 Å². The first-order valence-electron chi connectivity index (χ1n) is 7.17. The van der Waals surface area contributed by atoms with E-state index in [2.05, 4.69) is 41.9 Å². The van der Waals surface area contributed by atoms with Crippen LogP contribution in [-0.4, -0.2) is 56.1 Å². The van der Waals surface area contributed by atoms with Crippen molar-refractivity contribution in [2.75, 3.05) is 34.3 Å². The lowest BCUT2D eigenvalue weighted by atomic mass is 9.71. The Morgan fingerprint density at radius 2 is 1.89 bits per heavy atom. The van der Waals surface area contributed by atoms with Crippen LogP contribution in [0.2, 0.25) is 0 Å². The van der Waals surface area contributed by atoms with Crippen molar-refractivity contribution in [2.24, 2.45) is 11.3 Å². The minimum atomic E-state index is -0.356. The van der Waals surface area contributed by atoms with Crippen LogP contribution in [0.4, 0.5) is 0 Å². The van der Waals surface area contributed by atoms with Gasteiger partial charge in [0.15, 0.2) is 0 Å². The molecule has 18 heavy (non-hydrogen) atoms. The molecule has 1 saturated carbocycles. The van der Waals surface area contributed by atoms with Gasteiger partial charge in [0, 0.05) is 0 Å². The molecule has 0 heterocycles. The molecule has 1 N–H and O–H groups in total. The predicted octanol–water partition coefficient (Wildman–Crippen LogP) is 2.28. The second-order valence-electron chi connectivity index (χ2n) is 8.00. The SMILES string of the molecule is CC1CC(OCC(O)C[N+](C)(C)C)CC(C)(C)C1. The van der Waals surface area contributed by atoms with Crippen molar-refractivity contribution >= 4 is 0 Å². The molecule has 1 rings (SSSR count). The molecule has 3 unspecified atom stereocenters. The van der Waals surface area contributed by atoms with Gasteiger partial charge in [-0.25, -0.2) is 0 Å². The van der Waals surface area contributed by atoms with Gasteiger partial charge in [-0.3, -0.25) is 0 Å². The van der Waals surface area contributed by atoms with Gasteiger partial charge >= 0.3 is 0 Å². The van der Waals surface area contributed by atoms with E-state index in [0.717, 1.165) is 29.8 Å². The number of ether oxygens (including phenoxy) is 1. The second kappa shape index (κ2) is 5.89. The van der Waals surface area contributed by atoms with Crippen LogP contribution in [0.25, 0.3) is 0 Å². The Balaban J connectivity index is 2.34. The fourth-order valence-electron chi connectivity index (χ4n) is 3.32. The van der Waals surface area contributed by atoms with Crippen molar-refractivity contribution < 1.29 is 14.3 Å². The third kappa shape index (κ3) is 6.17. The molecule has 3 nitrogen and oxygen atoms in total. The Morgan fingerprint density at radius 3 is 2.39 bits per heavy atom. The molecule has 3 heteroatoms. The summed E-state index contributed by atoms with van der Waals surface area (Å²) in [5.41, 5.74) is 0.382. The zero-order valence-electron chi connectivity index (χ0n) is 13.1. The molecule has 0 bridgehead atoms. The van der Waals surface area contributed by atoms with Gasteiger partial charge in [0.25, 0.3) is 0 Å². The van der Waals surface area contributed by atoms with Crippen LogP contribution in [0.15, 0.2) is 0 Å². The molecule has 0 saturated heterocycles. The summed E-state index contributed by atoms with van der Waals surface area (Å²) in [6.07, 6.45) is 3.51. The summed E-state index contributed by atoms with van der Waals surface area (Å²) in [5.74, 6) is 0.731. The van der Waals surface area contributed by atoms with Crippen LogP contribution in [-0.2, 0) is 4.74 Å². The van der Waals surface area contributed by atoms with E-state index in [4.69, 9.17) is 4.74 Å². The molecule has 0 aromatic rings. The molecular weight excluding hydrogens is 226 g/mol. The van der Waals surface area contributed by atoms with Gasteiger partial charge in [0.05, 0.1) is 33.9 Å². The lowest BCUT2D eigenvalue weighted by molar-refractivity contribution is -0.873. The molecule has 1 aliphatic rings. The number of likely N-dealkylation sites (N-methyl/N-ethyl adjacent to an activating group) is 1. The number of aliphatic hydroxyl groups excluding tert-OH is 1. The van der Waals surface area contributed by atoms with Crippen molar-refractivity contribution in [1.29, 1.82) is 0 Å². The van der Waals surface area contributed by atoms with Gasteiger partial charge < -0.3 is 14.3 Å². The molecule has 3 atom stereocenters. The summed E-state index contributed by atoms with van der Waals surface area (Å²) >= 11 is 0. The third-order valence-electron chi connectivity index (χ3n) is 3.63. The van der Waals surface area contributed by atoms with Crippen molar-refractivity contribution in [2.45, 2.75) is 52.2 Å². The van der Waals surface area contributed by atoms with Gasteiger partial charge in [-0.2, -0.15) is 0 Å². The van der Waals surface area contributed by atoms with E-state index in [0.29, 0.717) is 18.1 Å². The minimum Gasteiger partial charge on any atom is -0.385 e. The van der Waals surface area contributed by atoms with E-state index in [1.165, 1.54) is 6.42 Å². The summed E-state index contributed by atoms with van der Waals surface area (Å²) in [7, 11) is 6.28. The highest BCUT2D eigenvalue weighted by Gasteiger charge is 2.32. The number of aliphatic hydroxyl groups is 1. The Morgan fingerprint density at radius 1 is 1.28 bits per heavy atom. The maximum atomic E-state index is 9.97. The molecule has 0 aromatic heterocycles. The second-order valence-corrected chi connectivity index (χ2v) is 8.00. The monoisotopic (exact) mass is 258 g/mol. The van der Waals surface area contributed by atoms with E-state index >= 15 is 0 Å². The van der Waals surface area contributed by atoms with Gasteiger partial charge in [-0.1, -0.05) is 20.8 Å². The van der Waals surface area contributed by atoms with Crippen LogP contribution in [0.1, 0.15) is 40.0 Å². The zero-order valence-corrected chi connectivity index (χ0v) is 13.1. The Hall–Kier alpha value is -0.120. The predicted molar refractivity (Wildman–Crippen MR) is 75.4 cm³/mol. The summed E-state index contributed by atoms with van der Waals surface area (Å²) in [6.45, 7) is 8.16. The first-order chi connectivity index (χ1) is 8.07. The Bertz CT molecular complexity index is 258. The molecular formula is C15H32NO2+. The number of hydrogen-bond donors (Lipinski definition) is 1. The molecule has 0 spiro atoms. The molecule has 0 aliphatic heterocycles. The molecule has 0 radical (unpaired) electrons. The summed E-state index contributed by atoms with van der Waals surface area (Å²) in [5, 5.41) is 9.97. The van der Waals surface area contributed by atoms with Crippen LogP contribution in [0.3, 0.4) is 0 Å². The first-order valence-corrected chi connectivity index (χ1v) is 7.17. The van der Waals surface area contributed by atoms with Crippen LogP contribution < -0.4 is 0 Å². The molecule has 1 aliphatic carbocycles. The highest BCUT2D eigenvalue weighted by molar-refractivity contribution is 4.83. The summed E-state index contributed by atoms with van der Waals surface area (Å²) < 4.78 is 6.71. The van der Waals surface area contributed by atoms with E-state index in [1.54, 1.807) is 0 Å². The lowest BCUT2D eigenvalue weighted by Gasteiger charge is -2.39. The van der Waals surface area contributed by atoms with Crippen LogP contribution >= 0.6 is 0 Å². The van der Waals surface area contributed by atoms with E-state index in [-0.39, 0.29) is 6.10 Å². The quantitative estimate of drug-likeness (QED) is 0.767. The molecule has 108 valence electrons. The fraction of sp³-hybridized carbons (Fsp3) is 1.00. The summed E-state index contributed by atoms with van der Waals surface area (Å²) in [6, 6.07) is 0. The van der Waals surface area contributed by atoms with Crippen molar-refractivity contribution in [3.63, 3.8) is 0 Å². The van der Waals surface area contributed by atoms with Crippen LogP contribution in [0, 0.1) is 11.3 Å². The fourth-order valence-corrected chi connectivity index (χ4v) is 3.32. The molecule has 0 amide bonds. The number of nitrogens with zero attached hydrogens (tertiary/aromatic N) is 1. The maximum Gasteiger partial charge on any atom is 0.126 e. The smallest absolute Gasteiger partial charge is 0.126 e. The molecule has 0 aromatic carbocycles. The number of hydrogen-bond acceptors (Lipinski definition) is 2. The Kier molecular flexibility index (Phi) is 5.22. The maximum absolute atomic E-state index is 9.97.